The second kappa shape index (κ2) is 7.73. The van der Waals surface area contributed by atoms with Gasteiger partial charge in [0.2, 0.25) is 0 Å². The number of carbonyl (C=O) groups is 1. The van der Waals surface area contributed by atoms with Crippen LogP contribution in [0.5, 0.6) is 0 Å². The van der Waals surface area contributed by atoms with E-state index in [0.717, 1.165) is 56.0 Å². The zero-order valence-corrected chi connectivity index (χ0v) is 18.3. The van der Waals surface area contributed by atoms with E-state index in [1.807, 2.05) is 28.8 Å². The van der Waals surface area contributed by atoms with Crippen molar-refractivity contribution < 1.29 is 9.53 Å². The number of methoxy groups -OCH3 is 1. The normalized spacial score (nSPS) is 24.3. The number of ether oxygens (including phenoxy) is 1. The zero-order chi connectivity index (χ0) is 20.8. The minimum Gasteiger partial charge on any atom is -0.384 e. The molecule has 1 aliphatic heterocycles. The van der Waals surface area contributed by atoms with Crippen LogP contribution in [0.4, 0.5) is 0 Å². The highest BCUT2D eigenvalue weighted by Gasteiger charge is 2.55. The highest BCUT2D eigenvalue weighted by Crippen LogP contribution is 2.51. The Bertz CT molecular complexity index is 876. The molecule has 0 spiro atoms. The van der Waals surface area contributed by atoms with Crippen LogP contribution in [0.2, 0.25) is 0 Å². The summed E-state index contributed by atoms with van der Waals surface area (Å²) < 4.78 is 7.38. The fourth-order valence-electron chi connectivity index (χ4n) is 5.14. The molecule has 3 atom stereocenters. The van der Waals surface area contributed by atoms with Gasteiger partial charge in [-0.15, -0.1) is 0 Å². The Kier molecular flexibility index (Phi) is 5.42. The van der Waals surface area contributed by atoms with Crippen molar-refractivity contribution in [3.8, 4) is 0 Å². The summed E-state index contributed by atoms with van der Waals surface area (Å²) >= 11 is 0. The van der Waals surface area contributed by atoms with Gasteiger partial charge in [-0.2, -0.15) is 0 Å². The Balaban J connectivity index is 1.32. The number of hydrogen-bond acceptors (Lipinski definition) is 4. The standard InChI is InChI=1S/C23H34N4O2/c1-15(2)21-25-20(19-8-6-7-9-27(19)21)22(28)24-10-16-17-11-26(12-18(16)17)13-23(3,4)14-29-5/h6-9,15-18H,10-14H2,1-5H3,(H,24,28)/t16?,17-,18+. The van der Waals surface area contributed by atoms with Gasteiger partial charge in [-0.05, 0) is 29.9 Å². The maximum Gasteiger partial charge on any atom is 0.272 e. The highest BCUT2D eigenvalue weighted by atomic mass is 16.5. The minimum atomic E-state index is -0.0522. The number of piperidine rings is 1. The van der Waals surface area contributed by atoms with Crippen LogP contribution in [-0.2, 0) is 4.74 Å². The summed E-state index contributed by atoms with van der Waals surface area (Å²) in [5.41, 5.74) is 1.62. The summed E-state index contributed by atoms with van der Waals surface area (Å²) in [5, 5.41) is 3.16. The first-order valence-corrected chi connectivity index (χ1v) is 10.8. The molecule has 1 unspecified atom stereocenters. The molecule has 4 rings (SSSR count). The third-order valence-corrected chi connectivity index (χ3v) is 6.44. The molecule has 1 saturated heterocycles. The summed E-state index contributed by atoms with van der Waals surface area (Å²) in [6, 6.07) is 5.91. The summed E-state index contributed by atoms with van der Waals surface area (Å²) in [6.45, 7) is 13.6. The lowest BCUT2D eigenvalue weighted by Crippen LogP contribution is -2.38. The van der Waals surface area contributed by atoms with Crippen LogP contribution in [-0.4, -0.2) is 60.1 Å². The molecule has 0 radical (unpaired) electrons. The second-order valence-corrected chi connectivity index (χ2v) is 9.92. The predicted octanol–water partition coefficient (Wildman–Crippen LogP) is 3.04. The molecular weight excluding hydrogens is 364 g/mol. The molecule has 2 aromatic rings. The van der Waals surface area contributed by atoms with Crippen LogP contribution in [0.15, 0.2) is 24.4 Å². The molecule has 0 bridgehead atoms. The lowest BCUT2D eigenvalue weighted by Gasteiger charge is -2.30. The van der Waals surface area contributed by atoms with E-state index in [9.17, 15) is 4.79 Å². The van der Waals surface area contributed by atoms with Gasteiger partial charge >= 0.3 is 0 Å². The van der Waals surface area contributed by atoms with Crippen LogP contribution in [0, 0.1) is 23.2 Å². The van der Waals surface area contributed by atoms with E-state index in [4.69, 9.17) is 4.74 Å². The largest absolute Gasteiger partial charge is 0.384 e. The Morgan fingerprint density at radius 3 is 2.69 bits per heavy atom. The average molecular weight is 399 g/mol. The molecule has 2 aliphatic rings. The van der Waals surface area contributed by atoms with Crippen LogP contribution in [0.3, 0.4) is 0 Å². The number of hydrogen-bond donors (Lipinski definition) is 1. The van der Waals surface area contributed by atoms with E-state index in [0.29, 0.717) is 11.6 Å². The van der Waals surface area contributed by atoms with Gasteiger partial charge in [0.1, 0.15) is 5.82 Å². The van der Waals surface area contributed by atoms with Crippen molar-refractivity contribution in [2.45, 2.75) is 33.6 Å². The number of imidazole rings is 1. The van der Waals surface area contributed by atoms with Gasteiger partial charge in [0, 0.05) is 50.8 Å². The Hall–Kier alpha value is -1.92. The monoisotopic (exact) mass is 398 g/mol. The van der Waals surface area contributed by atoms with Crippen molar-refractivity contribution in [1.29, 1.82) is 0 Å². The van der Waals surface area contributed by atoms with Crippen molar-refractivity contribution in [2.75, 3.05) is 39.9 Å². The number of pyridine rings is 1. The molecule has 3 heterocycles. The van der Waals surface area contributed by atoms with Crippen LogP contribution in [0.25, 0.3) is 5.52 Å². The first-order chi connectivity index (χ1) is 13.8. The fraction of sp³-hybridized carbons (Fsp3) is 0.652. The van der Waals surface area contributed by atoms with E-state index in [2.05, 4.69) is 42.9 Å². The van der Waals surface area contributed by atoms with Crippen LogP contribution in [0.1, 0.15) is 49.9 Å². The molecule has 1 amide bonds. The fourth-order valence-corrected chi connectivity index (χ4v) is 5.14. The molecular formula is C23H34N4O2. The zero-order valence-electron chi connectivity index (χ0n) is 18.3. The molecule has 0 aromatic carbocycles. The first-order valence-electron chi connectivity index (χ1n) is 10.8. The topological polar surface area (TPSA) is 58.9 Å². The van der Waals surface area contributed by atoms with Gasteiger partial charge in [-0.3, -0.25) is 4.79 Å². The molecule has 158 valence electrons. The summed E-state index contributed by atoms with van der Waals surface area (Å²) in [5.74, 6) is 3.20. The summed E-state index contributed by atoms with van der Waals surface area (Å²) in [6.07, 6.45) is 1.99. The SMILES string of the molecule is COCC(C)(C)CN1C[C@@H]2C(CNC(=O)c3nc(C(C)C)n4ccccc34)[C@@H]2C1. The number of aromatic nitrogens is 2. The number of nitrogens with one attached hydrogen (secondary N) is 1. The number of amides is 1. The maximum absolute atomic E-state index is 12.9. The van der Waals surface area contributed by atoms with Gasteiger partial charge in [-0.1, -0.05) is 33.8 Å². The van der Waals surface area contributed by atoms with E-state index in [-0.39, 0.29) is 17.2 Å². The Morgan fingerprint density at radius 2 is 2.03 bits per heavy atom. The minimum absolute atomic E-state index is 0.0522. The maximum atomic E-state index is 12.9. The van der Waals surface area contributed by atoms with E-state index in [1.54, 1.807) is 7.11 Å². The van der Waals surface area contributed by atoms with Crippen molar-refractivity contribution in [3.63, 3.8) is 0 Å². The summed E-state index contributed by atoms with van der Waals surface area (Å²) in [4.78, 5) is 20.1. The van der Waals surface area contributed by atoms with Crippen LogP contribution >= 0.6 is 0 Å². The molecule has 2 aromatic heterocycles. The van der Waals surface area contributed by atoms with Gasteiger partial charge in [0.15, 0.2) is 5.69 Å². The third kappa shape index (κ3) is 4.05. The molecule has 1 N–H and O–H groups in total. The van der Waals surface area contributed by atoms with E-state index < -0.39 is 0 Å². The number of carbonyl (C=O) groups excluding carboxylic acids is 1. The molecule has 1 aliphatic carbocycles. The van der Waals surface area contributed by atoms with Crippen molar-refractivity contribution >= 4 is 11.4 Å². The lowest BCUT2D eigenvalue weighted by atomic mass is 9.94. The molecule has 6 heteroatoms. The van der Waals surface area contributed by atoms with Gasteiger partial charge < -0.3 is 19.4 Å². The quantitative estimate of drug-likeness (QED) is 0.743. The van der Waals surface area contributed by atoms with Crippen molar-refractivity contribution in [2.24, 2.45) is 23.2 Å². The third-order valence-electron chi connectivity index (χ3n) is 6.44. The van der Waals surface area contributed by atoms with E-state index in [1.165, 1.54) is 0 Å². The predicted molar refractivity (Wildman–Crippen MR) is 114 cm³/mol. The Labute approximate surface area is 173 Å². The summed E-state index contributed by atoms with van der Waals surface area (Å²) in [7, 11) is 1.77. The van der Waals surface area contributed by atoms with Crippen LogP contribution < -0.4 is 5.32 Å². The number of nitrogens with zero attached hydrogens (tertiary/aromatic N) is 3. The molecule has 1 saturated carbocycles. The molecule has 2 fully saturated rings. The van der Waals surface area contributed by atoms with Gasteiger partial charge in [0.25, 0.3) is 5.91 Å². The van der Waals surface area contributed by atoms with Crippen molar-refractivity contribution in [3.05, 3.63) is 35.9 Å². The first kappa shape index (κ1) is 20.4. The lowest BCUT2D eigenvalue weighted by molar-refractivity contribution is 0.0719. The van der Waals surface area contributed by atoms with Gasteiger partial charge in [0.05, 0.1) is 12.1 Å². The average Bonchev–Trinajstić information content (AvgIpc) is 3.00. The second-order valence-electron chi connectivity index (χ2n) is 9.92. The smallest absolute Gasteiger partial charge is 0.272 e. The van der Waals surface area contributed by atoms with Gasteiger partial charge in [-0.25, -0.2) is 4.98 Å². The van der Waals surface area contributed by atoms with Crippen molar-refractivity contribution in [1.82, 2.24) is 19.6 Å². The highest BCUT2D eigenvalue weighted by molar-refractivity contribution is 5.99. The number of likely N-dealkylation sites (tertiary alicyclic amines) is 1. The number of rotatable bonds is 8. The molecule has 6 nitrogen and oxygen atoms in total. The van der Waals surface area contributed by atoms with E-state index >= 15 is 0 Å². The Morgan fingerprint density at radius 1 is 1.31 bits per heavy atom. The number of fused-ring (bicyclic) bond motifs is 2. The molecule has 29 heavy (non-hydrogen) atoms.